The molecule has 28 heavy (non-hydrogen) atoms. The molecule has 3 rings (SSSR count). The van der Waals surface area contributed by atoms with Crippen LogP contribution in [-0.4, -0.2) is 34.3 Å². The average molecular weight is 421 g/mol. The van der Waals surface area contributed by atoms with Gasteiger partial charge in [-0.3, -0.25) is 14.2 Å². The summed E-state index contributed by atoms with van der Waals surface area (Å²) in [5, 5.41) is 14.3. The molecular formula is C17H17ClN6O3S. The Morgan fingerprint density at radius 2 is 1.82 bits per heavy atom. The van der Waals surface area contributed by atoms with Gasteiger partial charge in [0.15, 0.2) is 11.0 Å². The molecule has 146 valence electrons. The number of rotatable bonds is 6. The molecule has 0 unspecified atom stereocenters. The highest BCUT2D eigenvalue weighted by atomic mass is 35.5. The Morgan fingerprint density at radius 1 is 1.11 bits per heavy atom. The van der Waals surface area contributed by atoms with Crippen molar-refractivity contribution in [3.05, 3.63) is 59.0 Å². The molecule has 0 bridgehead atoms. The SMILES string of the molecule is Cc1cc(C)n(CC(=O)Nc2ccc(S(=O)(=O)Nc3ccc(Cl)nn3)cc2)n1. The van der Waals surface area contributed by atoms with Crippen LogP contribution >= 0.6 is 11.6 Å². The minimum Gasteiger partial charge on any atom is -0.324 e. The van der Waals surface area contributed by atoms with E-state index in [1.54, 1.807) is 4.68 Å². The highest BCUT2D eigenvalue weighted by Crippen LogP contribution is 2.17. The van der Waals surface area contributed by atoms with Crippen LogP contribution in [0.1, 0.15) is 11.4 Å². The van der Waals surface area contributed by atoms with Crippen LogP contribution in [0.15, 0.2) is 47.4 Å². The van der Waals surface area contributed by atoms with Gasteiger partial charge in [0.2, 0.25) is 5.91 Å². The second-order valence-electron chi connectivity index (χ2n) is 6.00. The van der Waals surface area contributed by atoms with Crippen molar-refractivity contribution in [1.82, 2.24) is 20.0 Å². The lowest BCUT2D eigenvalue weighted by Gasteiger charge is -2.09. The lowest BCUT2D eigenvalue weighted by Crippen LogP contribution is -2.20. The minimum absolute atomic E-state index is 0.0146. The fourth-order valence-corrected chi connectivity index (χ4v) is 3.55. The summed E-state index contributed by atoms with van der Waals surface area (Å²) in [7, 11) is -3.85. The molecule has 9 nitrogen and oxygen atoms in total. The van der Waals surface area contributed by atoms with Gasteiger partial charge >= 0.3 is 0 Å². The smallest absolute Gasteiger partial charge is 0.263 e. The molecule has 0 radical (unpaired) electrons. The molecule has 0 atom stereocenters. The molecule has 1 aromatic carbocycles. The first-order valence-corrected chi connectivity index (χ1v) is 10.0. The van der Waals surface area contributed by atoms with Crippen molar-refractivity contribution in [1.29, 1.82) is 0 Å². The quantitative estimate of drug-likeness (QED) is 0.631. The third-order valence-corrected chi connectivity index (χ3v) is 5.29. The van der Waals surface area contributed by atoms with Crippen LogP contribution in [0.2, 0.25) is 5.15 Å². The molecule has 11 heteroatoms. The van der Waals surface area contributed by atoms with Gasteiger partial charge in [-0.15, -0.1) is 10.2 Å². The van der Waals surface area contributed by atoms with Crippen LogP contribution in [0.3, 0.4) is 0 Å². The molecule has 2 N–H and O–H groups in total. The monoisotopic (exact) mass is 420 g/mol. The second kappa shape index (κ2) is 7.95. The minimum atomic E-state index is -3.85. The summed E-state index contributed by atoms with van der Waals surface area (Å²) in [5.41, 5.74) is 2.18. The highest BCUT2D eigenvalue weighted by Gasteiger charge is 2.15. The van der Waals surface area contributed by atoms with Gasteiger partial charge in [-0.2, -0.15) is 5.10 Å². The average Bonchev–Trinajstić information content (AvgIpc) is 2.94. The maximum atomic E-state index is 12.4. The van der Waals surface area contributed by atoms with Crippen LogP contribution in [0.4, 0.5) is 11.5 Å². The highest BCUT2D eigenvalue weighted by molar-refractivity contribution is 7.92. The number of carbonyl (C=O) groups is 1. The van der Waals surface area contributed by atoms with Gasteiger partial charge in [-0.05, 0) is 56.3 Å². The van der Waals surface area contributed by atoms with Gasteiger partial charge in [0.25, 0.3) is 10.0 Å². The van der Waals surface area contributed by atoms with E-state index in [1.807, 2.05) is 19.9 Å². The molecule has 1 amide bonds. The van der Waals surface area contributed by atoms with Gasteiger partial charge in [0, 0.05) is 11.4 Å². The van der Waals surface area contributed by atoms with Gasteiger partial charge < -0.3 is 5.32 Å². The van der Waals surface area contributed by atoms with Gasteiger partial charge in [-0.1, -0.05) is 11.6 Å². The predicted molar refractivity (Wildman–Crippen MR) is 105 cm³/mol. The number of nitrogens with one attached hydrogen (secondary N) is 2. The topological polar surface area (TPSA) is 119 Å². The van der Waals surface area contributed by atoms with Crippen molar-refractivity contribution in [3.63, 3.8) is 0 Å². The summed E-state index contributed by atoms with van der Waals surface area (Å²) in [6.07, 6.45) is 0. The lowest BCUT2D eigenvalue weighted by atomic mass is 10.3. The summed E-state index contributed by atoms with van der Waals surface area (Å²) >= 11 is 5.63. The largest absolute Gasteiger partial charge is 0.324 e. The Hall–Kier alpha value is -2.98. The van der Waals surface area contributed by atoms with Gasteiger partial charge in [-0.25, -0.2) is 8.42 Å². The first-order valence-electron chi connectivity index (χ1n) is 8.16. The molecule has 0 aliphatic carbocycles. The Bertz CT molecular complexity index is 1090. The zero-order valence-electron chi connectivity index (χ0n) is 15.0. The van der Waals surface area contributed by atoms with Crippen molar-refractivity contribution in [3.8, 4) is 0 Å². The van der Waals surface area contributed by atoms with Crippen LogP contribution in [0, 0.1) is 13.8 Å². The number of hydrogen-bond donors (Lipinski definition) is 2. The number of aromatic nitrogens is 4. The van der Waals surface area contributed by atoms with Crippen molar-refractivity contribution < 1.29 is 13.2 Å². The van der Waals surface area contributed by atoms with E-state index in [1.165, 1.54) is 36.4 Å². The molecule has 0 saturated carbocycles. The fraction of sp³-hybridized carbons (Fsp3) is 0.176. The fourth-order valence-electron chi connectivity index (χ4n) is 2.46. The number of sulfonamides is 1. The van der Waals surface area contributed by atoms with Gasteiger partial charge in [0.1, 0.15) is 6.54 Å². The van der Waals surface area contributed by atoms with Crippen molar-refractivity contribution in [2.75, 3.05) is 10.0 Å². The molecular weight excluding hydrogens is 404 g/mol. The zero-order chi connectivity index (χ0) is 20.3. The Morgan fingerprint density at radius 3 is 2.39 bits per heavy atom. The normalized spacial score (nSPS) is 11.2. The Labute approximate surface area is 166 Å². The first kappa shape index (κ1) is 19.8. The number of benzene rings is 1. The number of nitrogens with zero attached hydrogens (tertiary/aromatic N) is 4. The van der Waals surface area contributed by atoms with E-state index in [0.29, 0.717) is 5.69 Å². The summed E-state index contributed by atoms with van der Waals surface area (Å²) in [5.74, 6) is -0.219. The maximum absolute atomic E-state index is 12.4. The third-order valence-electron chi connectivity index (χ3n) is 3.72. The molecule has 0 saturated heterocycles. The second-order valence-corrected chi connectivity index (χ2v) is 8.07. The summed E-state index contributed by atoms with van der Waals surface area (Å²) in [6.45, 7) is 3.78. The Balaban J connectivity index is 1.66. The first-order chi connectivity index (χ1) is 13.2. The van der Waals surface area contributed by atoms with Crippen molar-refractivity contribution >= 4 is 39.0 Å². The predicted octanol–water partition coefficient (Wildman–Crippen LogP) is 2.38. The summed E-state index contributed by atoms with van der Waals surface area (Å²) in [4.78, 5) is 12.2. The number of anilines is 2. The maximum Gasteiger partial charge on any atom is 0.263 e. The molecule has 0 aliphatic rings. The summed E-state index contributed by atoms with van der Waals surface area (Å²) in [6, 6.07) is 10.5. The van der Waals surface area contributed by atoms with Crippen LogP contribution in [0.5, 0.6) is 0 Å². The zero-order valence-corrected chi connectivity index (χ0v) is 16.6. The van der Waals surface area contributed by atoms with Crippen molar-refractivity contribution in [2.45, 2.75) is 25.3 Å². The molecule has 2 heterocycles. The third kappa shape index (κ3) is 4.84. The number of amides is 1. The lowest BCUT2D eigenvalue weighted by molar-refractivity contribution is -0.116. The number of halogens is 1. The van der Waals surface area contributed by atoms with E-state index in [-0.39, 0.29) is 28.3 Å². The van der Waals surface area contributed by atoms with Crippen LogP contribution < -0.4 is 10.0 Å². The van der Waals surface area contributed by atoms with Crippen LogP contribution in [-0.2, 0) is 21.4 Å². The molecule has 3 aromatic rings. The summed E-state index contributed by atoms with van der Waals surface area (Å²) < 4.78 is 28.7. The number of carbonyl (C=O) groups excluding carboxylic acids is 1. The Kier molecular flexibility index (Phi) is 5.61. The standard InChI is InChI=1S/C17H17ClN6O3S/c1-11-9-12(2)24(22-11)10-17(25)19-13-3-5-14(6-4-13)28(26,27)23-16-8-7-15(18)20-21-16/h3-9H,10H2,1-2H3,(H,19,25)(H,21,23). The number of aryl methyl sites for hydroxylation is 2. The van der Waals surface area contributed by atoms with E-state index in [9.17, 15) is 13.2 Å². The van der Waals surface area contributed by atoms with Crippen LogP contribution in [0.25, 0.3) is 0 Å². The molecule has 0 spiro atoms. The van der Waals surface area contributed by atoms with E-state index in [2.05, 4.69) is 25.3 Å². The van der Waals surface area contributed by atoms with Crippen molar-refractivity contribution in [2.24, 2.45) is 0 Å². The molecule has 0 aliphatic heterocycles. The molecule has 2 aromatic heterocycles. The number of hydrogen-bond acceptors (Lipinski definition) is 6. The van der Waals surface area contributed by atoms with Gasteiger partial charge in [0.05, 0.1) is 10.6 Å². The molecule has 0 fully saturated rings. The van der Waals surface area contributed by atoms with E-state index < -0.39 is 10.0 Å². The van der Waals surface area contributed by atoms with E-state index in [0.717, 1.165) is 11.4 Å². The van der Waals surface area contributed by atoms with E-state index >= 15 is 0 Å². The van der Waals surface area contributed by atoms with E-state index in [4.69, 9.17) is 11.6 Å².